The lowest BCUT2D eigenvalue weighted by Gasteiger charge is -2.22. The van der Waals surface area contributed by atoms with Gasteiger partial charge in [0.2, 0.25) is 23.6 Å². The normalized spacial score (nSPS) is 11.5. The average Bonchev–Trinajstić information content (AvgIpc) is 2.63. The maximum atomic E-state index is 14.3. The topological polar surface area (TPSA) is 493 Å². The zero-order valence-electron chi connectivity index (χ0n) is 47.9. The molecule has 0 aromatic heterocycles. The average molecular weight is 1200 g/mol. The minimum absolute atomic E-state index is 0.000330. The molecule has 4 aromatic rings. The van der Waals surface area contributed by atoms with E-state index in [1.165, 1.54) is 108 Å². The monoisotopic (exact) mass is 1200 g/mol. The van der Waals surface area contributed by atoms with Gasteiger partial charge >= 0.3 is 5.97 Å². The summed E-state index contributed by atoms with van der Waals surface area (Å²) < 4.78 is 21.7. The zero-order valence-corrected chi connectivity index (χ0v) is 47.9. The molecule has 4 rings (SSSR count). The third-order valence-electron chi connectivity index (χ3n) is 12.3. The fourth-order valence-electron chi connectivity index (χ4n) is 8.22. The predicted molar refractivity (Wildman–Crippen MR) is 318 cm³/mol. The van der Waals surface area contributed by atoms with Gasteiger partial charge in [0.15, 0.2) is 17.9 Å². The van der Waals surface area contributed by atoms with E-state index in [0.717, 1.165) is 0 Å². The number of carbonyl (C=O) groups excluding carboxylic acids is 8. The molecule has 0 spiro atoms. The highest BCUT2D eigenvalue weighted by Gasteiger charge is 2.29. The van der Waals surface area contributed by atoms with Crippen molar-refractivity contribution in [1.82, 2.24) is 37.2 Å². The minimum Gasteiger partial charge on any atom is -0.496 e. The number of rotatable bonds is 33. The Kier molecular flexibility index (Phi) is 26.7. The molecule has 86 heavy (non-hydrogen) atoms. The van der Waals surface area contributed by atoms with Crippen molar-refractivity contribution in [2.45, 2.75) is 70.0 Å². The molecule has 0 bridgehead atoms. The van der Waals surface area contributed by atoms with Crippen molar-refractivity contribution in [2.24, 2.45) is 17.2 Å². The highest BCUT2D eigenvalue weighted by Crippen LogP contribution is 2.28. The number of hydrogen-bond donors (Lipinski definition) is 18. The summed E-state index contributed by atoms with van der Waals surface area (Å²) in [5, 5.41) is 60.8. The first kappa shape index (κ1) is 67.6. The number of ether oxygens (including phenoxy) is 4. The molecule has 0 unspecified atom stereocenters. The number of carbonyl (C=O) groups is 9. The van der Waals surface area contributed by atoms with Gasteiger partial charge in [0, 0.05) is 55.9 Å². The van der Waals surface area contributed by atoms with Crippen molar-refractivity contribution in [3.05, 3.63) is 95.1 Å². The highest BCUT2D eigenvalue weighted by atomic mass is 16.5. The van der Waals surface area contributed by atoms with Crippen LogP contribution in [-0.2, 0) is 24.0 Å². The van der Waals surface area contributed by atoms with Crippen LogP contribution < -0.4 is 94.6 Å². The number of nitrogens with two attached hydrogens (primary N) is 3. The van der Waals surface area contributed by atoms with Crippen molar-refractivity contribution in [1.29, 1.82) is 16.2 Å². The molecule has 31 nitrogen and oxygen atoms in total. The van der Waals surface area contributed by atoms with Crippen LogP contribution in [0.4, 0.5) is 22.7 Å². The Hall–Kier alpha value is -10.9. The molecule has 0 radical (unpaired) electrons. The van der Waals surface area contributed by atoms with Crippen molar-refractivity contribution in [2.75, 3.05) is 75.9 Å². The third kappa shape index (κ3) is 21.8. The fourth-order valence-corrected chi connectivity index (χ4v) is 8.22. The van der Waals surface area contributed by atoms with Gasteiger partial charge in [0.25, 0.3) is 23.6 Å². The van der Waals surface area contributed by atoms with Gasteiger partial charge in [-0.25, -0.2) is 0 Å². The number of carboxylic acids is 1. The van der Waals surface area contributed by atoms with Crippen LogP contribution in [0.15, 0.2) is 72.8 Å². The molecule has 31 heteroatoms. The van der Waals surface area contributed by atoms with Gasteiger partial charge in [-0.3, -0.25) is 59.4 Å². The summed E-state index contributed by atoms with van der Waals surface area (Å²) >= 11 is 0. The van der Waals surface area contributed by atoms with Gasteiger partial charge in [-0.2, -0.15) is 0 Å². The molecule has 0 saturated heterocycles. The summed E-state index contributed by atoms with van der Waals surface area (Å²) in [6.07, 6.45) is 0.268. The summed E-state index contributed by atoms with van der Waals surface area (Å²) in [6.45, 7) is 1.54. The lowest BCUT2D eigenvalue weighted by Crippen LogP contribution is -2.45. The van der Waals surface area contributed by atoms with E-state index < -0.39 is 71.4 Å². The Morgan fingerprint density at radius 1 is 0.430 bits per heavy atom. The van der Waals surface area contributed by atoms with E-state index >= 15 is 0 Å². The quantitative estimate of drug-likeness (QED) is 0.0179. The zero-order chi connectivity index (χ0) is 63.5. The molecule has 0 aliphatic rings. The molecule has 0 heterocycles. The van der Waals surface area contributed by atoms with Crippen LogP contribution in [-0.4, -0.2) is 149 Å². The Labute approximate surface area is 494 Å². The largest absolute Gasteiger partial charge is 0.496 e. The van der Waals surface area contributed by atoms with E-state index in [2.05, 4.69) is 58.5 Å². The van der Waals surface area contributed by atoms with Crippen LogP contribution in [0, 0.1) is 16.2 Å². The number of methoxy groups -OCH3 is 4. The molecular formula is C55H73N17O14. The van der Waals surface area contributed by atoms with Crippen LogP contribution in [0.3, 0.4) is 0 Å². The van der Waals surface area contributed by atoms with Crippen LogP contribution in [0.1, 0.15) is 93.3 Å². The van der Waals surface area contributed by atoms with Crippen molar-refractivity contribution >= 4 is 93.9 Å². The number of nitrogens with one attached hydrogen (secondary N) is 14. The molecule has 0 aliphatic heterocycles. The Balaban J connectivity index is 1.61. The molecule has 21 N–H and O–H groups in total. The number of aliphatic carboxylic acids is 1. The molecule has 0 fully saturated rings. The summed E-state index contributed by atoms with van der Waals surface area (Å²) in [4.78, 5) is 120. The number of benzene rings is 4. The number of hydrogen-bond acceptors (Lipinski definition) is 16. The molecule has 462 valence electrons. The SMILES string of the molecule is COc1ccc(NC(=O)[C@H](CCCNC(=N)N)NC(=O)c2cc(NC(=O)[C@H](CCCNC(=N)N)NC(=O)c3cc(NC(=O)[C@H](CCCNC(=N)N)NC(=O)c4cc(NC(C)=O)ccc4OC)ccc3OC)ccc2OC)cc1C(=O)NCCC(=O)O. The molecule has 0 aliphatic carbocycles. The lowest BCUT2D eigenvalue weighted by molar-refractivity contribution is -0.137. The summed E-state index contributed by atoms with van der Waals surface area (Å²) in [6, 6.07) is 12.9. The second kappa shape index (κ2) is 33.9. The first-order chi connectivity index (χ1) is 41.0. The number of amides is 8. The van der Waals surface area contributed by atoms with E-state index in [0.29, 0.717) is 0 Å². The lowest BCUT2D eigenvalue weighted by atomic mass is 10.1. The molecule has 4 aromatic carbocycles. The number of guanidine groups is 3. The summed E-state index contributed by atoms with van der Waals surface area (Å²) in [7, 11) is 5.25. The Morgan fingerprint density at radius 3 is 0.965 bits per heavy atom. The number of carboxylic acid groups (broad SMARTS) is 1. The smallest absolute Gasteiger partial charge is 0.305 e. The van der Waals surface area contributed by atoms with E-state index in [1.54, 1.807) is 0 Å². The van der Waals surface area contributed by atoms with E-state index in [-0.39, 0.29) is 157 Å². The van der Waals surface area contributed by atoms with Crippen LogP contribution in [0.25, 0.3) is 0 Å². The molecular weight excluding hydrogens is 1120 g/mol. The van der Waals surface area contributed by atoms with E-state index in [1.807, 2.05) is 0 Å². The first-order valence-corrected chi connectivity index (χ1v) is 26.6. The predicted octanol–water partition coefficient (Wildman–Crippen LogP) is 0.885. The van der Waals surface area contributed by atoms with Crippen LogP contribution >= 0.6 is 0 Å². The molecule has 0 saturated carbocycles. The fraction of sp³-hybridized carbons (Fsp3) is 0.345. The maximum absolute atomic E-state index is 14.3. The van der Waals surface area contributed by atoms with Gasteiger partial charge in [0.1, 0.15) is 41.1 Å². The minimum atomic E-state index is -1.33. The van der Waals surface area contributed by atoms with Crippen LogP contribution in [0.2, 0.25) is 0 Å². The summed E-state index contributed by atoms with van der Waals surface area (Å²) in [5.74, 6) is -7.49. The van der Waals surface area contributed by atoms with Gasteiger partial charge in [-0.1, -0.05) is 0 Å². The Morgan fingerprint density at radius 2 is 0.709 bits per heavy atom. The second-order valence-corrected chi connectivity index (χ2v) is 18.7. The van der Waals surface area contributed by atoms with E-state index in [4.69, 9.17) is 57.5 Å². The maximum Gasteiger partial charge on any atom is 0.305 e. The standard InChI is InChI=1S/C55H73N17O14/c1-29(73)66-30-12-16-42(84-3)35(25-30)47(77)70-39(10-7-22-64-54(58)59)51(81)68-32-14-18-44(86-5)37(27-32)49(79)72-40(11-8-23-65-55(60)61)52(82)69-33-15-19-43(85-4)36(28-33)48(78)71-38(9-6-21-63-53(56)57)50(80)67-31-13-17-41(83-2)34(26-31)46(76)62-24-20-45(74)75/h12-19,25-28,38-40H,6-11,20-24H2,1-5H3,(H,62,76)(H,66,73)(H,67,80)(H,68,81)(H,69,82)(H,70,77)(H,71,78)(H,72,79)(H,74,75)(H4,56,57,63)(H4,58,59,64)(H4,60,61,65)/t38-,39-,40-/m0/s1. The van der Waals surface area contributed by atoms with Gasteiger partial charge in [-0.15, -0.1) is 0 Å². The molecule has 3 atom stereocenters. The first-order valence-electron chi connectivity index (χ1n) is 26.6. The third-order valence-corrected chi connectivity index (χ3v) is 12.3. The van der Waals surface area contributed by atoms with Crippen molar-refractivity contribution in [3.8, 4) is 23.0 Å². The second-order valence-electron chi connectivity index (χ2n) is 18.7. The van der Waals surface area contributed by atoms with Crippen LogP contribution in [0.5, 0.6) is 23.0 Å². The molecule has 8 amide bonds. The van der Waals surface area contributed by atoms with Gasteiger partial charge < -0.3 is 99.7 Å². The number of anilines is 4. The van der Waals surface area contributed by atoms with Gasteiger partial charge in [-0.05, 0) is 111 Å². The van der Waals surface area contributed by atoms with Crippen molar-refractivity contribution in [3.63, 3.8) is 0 Å². The van der Waals surface area contributed by atoms with Gasteiger partial charge in [0.05, 0.1) is 57.1 Å². The summed E-state index contributed by atoms with van der Waals surface area (Å²) in [5.41, 5.74) is 16.6. The van der Waals surface area contributed by atoms with Crippen molar-refractivity contribution < 1.29 is 67.2 Å². The highest BCUT2D eigenvalue weighted by molar-refractivity contribution is 6.07. The van der Waals surface area contributed by atoms with E-state index in [9.17, 15) is 43.2 Å². The Bertz CT molecular complexity index is 3160.